The number of carbonyl (C=O) groups is 1. The van der Waals surface area contributed by atoms with Gasteiger partial charge in [-0.25, -0.2) is 4.79 Å². The van der Waals surface area contributed by atoms with E-state index in [2.05, 4.69) is 10.6 Å². The predicted octanol–water partition coefficient (Wildman–Crippen LogP) is 3.98. The van der Waals surface area contributed by atoms with Crippen LogP contribution in [0.2, 0.25) is 5.02 Å². The number of ether oxygens (including phenoxy) is 1. The van der Waals surface area contributed by atoms with Gasteiger partial charge in [-0.3, -0.25) is 5.32 Å². The molecule has 2 N–H and O–H groups in total. The molecular formula is C16H23ClN2O2. The first-order valence-corrected chi connectivity index (χ1v) is 7.73. The largest absolute Gasteiger partial charge is 0.444 e. The van der Waals surface area contributed by atoms with Crippen molar-refractivity contribution in [1.29, 1.82) is 0 Å². The number of nitrogens with one attached hydrogen (secondary N) is 2. The first kappa shape index (κ1) is 16.1. The number of amides is 1. The quantitative estimate of drug-likeness (QED) is 0.887. The van der Waals surface area contributed by atoms with Crippen LogP contribution < -0.4 is 10.6 Å². The molecule has 0 bridgehead atoms. The lowest BCUT2D eigenvalue weighted by Gasteiger charge is -2.20. The molecule has 0 aromatic heterocycles. The van der Waals surface area contributed by atoms with Crippen molar-refractivity contribution in [3.05, 3.63) is 28.8 Å². The molecule has 0 aliphatic carbocycles. The topological polar surface area (TPSA) is 50.4 Å². The molecule has 0 spiro atoms. The van der Waals surface area contributed by atoms with Crippen molar-refractivity contribution >= 4 is 23.4 Å². The Morgan fingerprint density at radius 2 is 2.24 bits per heavy atom. The van der Waals surface area contributed by atoms with Crippen molar-refractivity contribution in [3.8, 4) is 0 Å². The van der Waals surface area contributed by atoms with E-state index in [0.717, 1.165) is 18.5 Å². The van der Waals surface area contributed by atoms with E-state index >= 15 is 0 Å². The maximum atomic E-state index is 11.7. The van der Waals surface area contributed by atoms with Gasteiger partial charge in [-0.05, 0) is 64.3 Å². The summed E-state index contributed by atoms with van der Waals surface area (Å²) in [7, 11) is 0. The summed E-state index contributed by atoms with van der Waals surface area (Å²) in [4.78, 5) is 11.7. The average Bonchev–Trinajstić information content (AvgIpc) is 2.83. The van der Waals surface area contributed by atoms with Crippen LogP contribution in [-0.2, 0) is 11.2 Å². The standard InChI is InChI=1S/C16H23ClN2O2/c1-16(2,3)21-15(20)19-13-7-6-11(14(17)10-13)9-12-5-4-8-18-12/h6-7,10,12,18H,4-5,8-9H2,1-3H3,(H,19,20). The van der Waals surface area contributed by atoms with Gasteiger partial charge in [0, 0.05) is 16.8 Å². The minimum Gasteiger partial charge on any atom is -0.444 e. The summed E-state index contributed by atoms with van der Waals surface area (Å²) >= 11 is 6.30. The van der Waals surface area contributed by atoms with Gasteiger partial charge < -0.3 is 10.1 Å². The second kappa shape index (κ2) is 6.67. The third kappa shape index (κ3) is 5.21. The van der Waals surface area contributed by atoms with Crippen LogP contribution in [0.5, 0.6) is 0 Å². The molecule has 1 amide bonds. The Balaban J connectivity index is 1.96. The van der Waals surface area contributed by atoms with E-state index in [1.165, 1.54) is 12.8 Å². The van der Waals surface area contributed by atoms with Gasteiger partial charge in [-0.1, -0.05) is 17.7 Å². The van der Waals surface area contributed by atoms with Crippen LogP contribution in [0.15, 0.2) is 18.2 Å². The van der Waals surface area contributed by atoms with Gasteiger partial charge >= 0.3 is 6.09 Å². The number of benzene rings is 1. The minimum absolute atomic E-state index is 0.469. The number of halogens is 1. The molecule has 1 unspecified atom stereocenters. The van der Waals surface area contributed by atoms with Crippen molar-refractivity contribution in [1.82, 2.24) is 5.32 Å². The molecule has 0 radical (unpaired) electrons. The van der Waals surface area contributed by atoms with Gasteiger partial charge in [0.15, 0.2) is 0 Å². The normalized spacial score (nSPS) is 18.6. The summed E-state index contributed by atoms with van der Waals surface area (Å²) in [6, 6.07) is 6.11. The molecule has 1 aromatic rings. The Hall–Kier alpha value is -1.26. The van der Waals surface area contributed by atoms with E-state index in [1.54, 1.807) is 6.07 Å². The highest BCUT2D eigenvalue weighted by Gasteiger charge is 2.18. The van der Waals surface area contributed by atoms with Crippen LogP contribution in [-0.4, -0.2) is 24.3 Å². The molecule has 1 fully saturated rings. The van der Waals surface area contributed by atoms with E-state index in [4.69, 9.17) is 16.3 Å². The number of carbonyl (C=O) groups excluding carboxylic acids is 1. The number of hydrogen-bond acceptors (Lipinski definition) is 3. The van der Waals surface area contributed by atoms with Gasteiger partial charge in [0.25, 0.3) is 0 Å². The van der Waals surface area contributed by atoms with Crippen LogP contribution in [0.25, 0.3) is 0 Å². The molecule has 1 aromatic carbocycles. The first-order valence-electron chi connectivity index (χ1n) is 7.35. The zero-order chi connectivity index (χ0) is 15.5. The molecule has 2 rings (SSSR count). The Morgan fingerprint density at radius 1 is 1.48 bits per heavy atom. The summed E-state index contributed by atoms with van der Waals surface area (Å²) in [5, 5.41) is 6.83. The van der Waals surface area contributed by atoms with E-state index in [1.807, 2.05) is 32.9 Å². The van der Waals surface area contributed by atoms with Crippen molar-refractivity contribution in [3.63, 3.8) is 0 Å². The van der Waals surface area contributed by atoms with E-state index in [0.29, 0.717) is 16.8 Å². The van der Waals surface area contributed by atoms with Crippen LogP contribution in [0.3, 0.4) is 0 Å². The molecule has 1 aliphatic rings. The van der Waals surface area contributed by atoms with Crippen molar-refractivity contribution < 1.29 is 9.53 Å². The van der Waals surface area contributed by atoms with Crippen LogP contribution in [0.1, 0.15) is 39.2 Å². The highest BCUT2D eigenvalue weighted by molar-refractivity contribution is 6.31. The molecule has 1 aliphatic heterocycles. The monoisotopic (exact) mass is 310 g/mol. The van der Waals surface area contributed by atoms with Gasteiger partial charge in [0.05, 0.1) is 0 Å². The minimum atomic E-state index is -0.512. The molecule has 116 valence electrons. The lowest BCUT2D eigenvalue weighted by molar-refractivity contribution is 0.0636. The molecule has 0 saturated carbocycles. The average molecular weight is 311 g/mol. The molecule has 1 heterocycles. The second-order valence-corrected chi connectivity index (χ2v) is 6.84. The Morgan fingerprint density at radius 3 is 2.81 bits per heavy atom. The molecule has 1 atom stereocenters. The highest BCUT2D eigenvalue weighted by Crippen LogP contribution is 2.24. The molecule has 5 heteroatoms. The van der Waals surface area contributed by atoms with Gasteiger partial charge in [-0.15, -0.1) is 0 Å². The fourth-order valence-electron chi connectivity index (χ4n) is 2.41. The zero-order valence-electron chi connectivity index (χ0n) is 12.8. The number of rotatable bonds is 3. The summed E-state index contributed by atoms with van der Waals surface area (Å²) in [5.74, 6) is 0. The Bertz CT molecular complexity index is 505. The van der Waals surface area contributed by atoms with Crippen LogP contribution >= 0.6 is 11.6 Å². The van der Waals surface area contributed by atoms with Crippen LogP contribution in [0.4, 0.5) is 10.5 Å². The predicted molar refractivity (Wildman–Crippen MR) is 86.0 cm³/mol. The van der Waals surface area contributed by atoms with Crippen molar-refractivity contribution in [2.24, 2.45) is 0 Å². The lowest BCUT2D eigenvalue weighted by Crippen LogP contribution is -2.27. The molecule has 21 heavy (non-hydrogen) atoms. The lowest BCUT2D eigenvalue weighted by atomic mass is 10.0. The maximum Gasteiger partial charge on any atom is 0.412 e. The Kier molecular flexibility index (Phi) is 5.12. The molecule has 4 nitrogen and oxygen atoms in total. The van der Waals surface area contributed by atoms with E-state index in [9.17, 15) is 4.79 Å². The Labute approximate surface area is 131 Å². The summed E-state index contributed by atoms with van der Waals surface area (Å²) in [6.45, 7) is 6.58. The third-order valence-corrected chi connectivity index (χ3v) is 3.68. The van der Waals surface area contributed by atoms with Gasteiger partial charge in [-0.2, -0.15) is 0 Å². The fourth-order valence-corrected chi connectivity index (χ4v) is 2.67. The maximum absolute atomic E-state index is 11.7. The van der Waals surface area contributed by atoms with E-state index < -0.39 is 11.7 Å². The van der Waals surface area contributed by atoms with Gasteiger partial charge in [0.2, 0.25) is 0 Å². The summed E-state index contributed by atoms with van der Waals surface area (Å²) in [5.41, 5.74) is 1.24. The number of anilines is 1. The zero-order valence-corrected chi connectivity index (χ0v) is 13.6. The van der Waals surface area contributed by atoms with Crippen molar-refractivity contribution in [2.45, 2.75) is 51.7 Å². The molecular weight excluding hydrogens is 288 g/mol. The number of hydrogen-bond donors (Lipinski definition) is 2. The van der Waals surface area contributed by atoms with Crippen LogP contribution in [0, 0.1) is 0 Å². The summed E-state index contributed by atoms with van der Waals surface area (Å²) in [6.07, 6.45) is 2.86. The fraction of sp³-hybridized carbons (Fsp3) is 0.562. The SMILES string of the molecule is CC(C)(C)OC(=O)Nc1ccc(CC2CCCN2)c(Cl)c1. The smallest absolute Gasteiger partial charge is 0.412 e. The first-order chi connectivity index (χ1) is 9.83. The summed E-state index contributed by atoms with van der Waals surface area (Å²) < 4.78 is 5.22. The van der Waals surface area contributed by atoms with Crippen molar-refractivity contribution in [2.75, 3.05) is 11.9 Å². The highest BCUT2D eigenvalue weighted by atomic mass is 35.5. The third-order valence-electron chi connectivity index (χ3n) is 3.33. The molecule has 1 saturated heterocycles. The van der Waals surface area contributed by atoms with E-state index in [-0.39, 0.29) is 0 Å². The van der Waals surface area contributed by atoms with Gasteiger partial charge in [0.1, 0.15) is 5.60 Å². The second-order valence-electron chi connectivity index (χ2n) is 6.43.